The van der Waals surface area contributed by atoms with E-state index >= 15 is 0 Å². The van der Waals surface area contributed by atoms with Crippen LogP contribution in [0.2, 0.25) is 0 Å². The van der Waals surface area contributed by atoms with Crippen molar-refractivity contribution in [2.45, 2.75) is 16.4 Å². The van der Waals surface area contributed by atoms with Crippen LogP contribution in [0.5, 0.6) is 0 Å². The highest BCUT2D eigenvalue weighted by Gasteiger charge is 2.69. The molecule has 0 nitrogen and oxygen atoms in total. The van der Waals surface area contributed by atoms with Crippen LogP contribution in [-0.4, -0.2) is 23.1 Å². The second-order valence-corrected chi connectivity index (χ2v) is 3.15. The van der Waals surface area contributed by atoms with E-state index in [9.17, 15) is 26.3 Å². The van der Waals surface area contributed by atoms with E-state index in [2.05, 4.69) is 23.2 Å². The van der Waals surface area contributed by atoms with Gasteiger partial charge in [-0.3, -0.25) is 0 Å². The van der Waals surface area contributed by atoms with Gasteiger partial charge in [-0.15, -0.1) is 0 Å². The van der Waals surface area contributed by atoms with Crippen molar-refractivity contribution in [3.8, 4) is 0 Å². The van der Waals surface area contributed by atoms with Gasteiger partial charge in [-0.05, 0) is 0 Å². The minimum absolute atomic E-state index is 2.74. The number of hydrogen-bond donors (Lipinski definition) is 0. The molecule has 74 valence electrons. The minimum atomic E-state index is -5.46. The van der Waals surface area contributed by atoms with Gasteiger partial charge in [0, 0.05) is 0 Å². The molecule has 12 heavy (non-hydrogen) atoms. The molecule has 0 aliphatic rings. The average molecular weight is 235 g/mol. The molecule has 0 N–H and O–H groups in total. The lowest BCUT2D eigenvalue weighted by Gasteiger charge is -2.28. The summed E-state index contributed by atoms with van der Waals surface area (Å²) >= 11 is 8.18. The van der Waals surface area contributed by atoms with Crippen LogP contribution in [0.3, 0.4) is 0 Å². The molecule has 0 fully saturated rings. The molecule has 0 atom stereocenters. The Hall–Kier alpha value is 0.160. The third-order valence-electron chi connectivity index (χ3n) is 0.983. The predicted octanol–water partition coefficient (Wildman–Crippen LogP) is 3.33. The van der Waals surface area contributed by atoms with Crippen LogP contribution in [0.1, 0.15) is 0 Å². The van der Waals surface area contributed by atoms with Crippen molar-refractivity contribution in [2.75, 3.05) is 6.67 Å². The van der Waals surface area contributed by atoms with Crippen LogP contribution >= 0.6 is 23.2 Å². The van der Waals surface area contributed by atoms with Crippen molar-refractivity contribution in [1.29, 1.82) is 0 Å². The molecule has 0 aliphatic heterocycles. The second-order valence-electron chi connectivity index (χ2n) is 1.91. The highest BCUT2D eigenvalue weighted by atomic mass is 35.5. The molecule has 0 aliphatic carbocycles. The maximum absolute atomic E-state index is 12.1. The Morgan fingerprint density at radius 3 is 1.33 bits per heavy atom. The molecule has 0 aromatic rings. The molecule has 0 unspecified atom stereocenters. The first-order chi connectivity index (χ1) is 5.06. The average Bonchev–Trinajstić information content (AvgIpc) is 1.85. The molecule has 0 radical (unpaired) electrons. The number of halogens is 8. The van der Waals surface area contributed by atoms with Gasteiger partial charge in [0.25, 0.3) is 0 Å². The molecule has 0 saturated heterocycles. The lowest BCUT2D eigenvalue weighted by molar-refractivity contribution is -0.238. The molecule has 0 rings (SSSR count). The molecule has 8 heteroatoms. The molecule has 0 amide bonds. The van der Waals surface area contributed by atoms with Gasteiger partial charge in [-0.1, -0.05) is 23.2 Å². The van der Waals surface area contributed by atoms with E-state index in [4.69, 9.17) is 0 Å². The van der Waals surface area contributed by atoms with Crippen LogP contribution in [0.15, 0.2) is 0 Å². The number of hydrogen-bond acceptors (Lipinski definition) is 0. The highest BCUT2D eigenvalue weighted by Crippen LogP contribution is 2.49. The molecular formula is C4H2Cl2F6. The molecule has 0 aromatic heterocycles. The molecule has 0 spiro atoms. The van der Waals surface area contributed by atoms with Crippen molar-refractivity contribution >= 4 is 23.2 Å². The smallest absolute Gasteiger partial charge is 0.244 e. The lowest BCUT2D eigenvalue weighted by atomic mass is 10.2. The maximum Gasteiger partial charge on any atom is 0.374 e. The Morgan fingerprint density at radius 1 is 0.917 bits per heavy atom. The van der Waals surface area contributed by atoms with E-state index < -0.39 is 23.1 Å². The summed E-state index contributed by atoms with van der Waals surface area (Å²) in [7, 11) is 0. The number of rotatable bonds is 3. The van der Waals surface area contributed by atoms with E-state index in [1.807, 2.05) is 0 Å². The first-order valence-corrected chi connectivity index (χ1v) is 3.20. The standard InChI is InChI=1S/C4H2Cl2F6/c5-4(6,12)3(10,11)2(8,9)1-7/h1H2. The van der Waals surface area contributed by atoms with E-state index in [-0.39, 0.29) is 0 Å². The summed E-state index contributed by atoms with van der Waals surface area (Å²) in [6.07, 6.45) is 0. The monoisotopic (exact) mass is 234 g/mol. The van der Waals surface area contributed by atoms with Crippen molar-refractivity contribution in [3.05, 3.63) is 0 Å². The zero-order valence-corrected chi connectivity index (χ0v) is 6.74. The van der Waals surface area contributed by atoms with Gasteiger partial charge in [0.2, 0.25) is 0 Å². The van der Waals surface area contributed by atoms with Gasteiger partial charge in [-0.2, -0.15) is 17.6 Å². The van der Waals surface area contributed by atoms with Gasteiger partial charge in [0.05, 0.1) is 0 Å². The molecular weight excluding hydrogens is 233 g/mol. The van der Waals surface area contributed by atoms with E-state index in [0.717, 1.165) is 0 Å². The highest BCUT2D eigenvalue weighted by molar-refractivity contribution is 6.47. The van der Waals surface area contributed by atoms with Crippen LogP contribution in [0.25, 0.3) is 0 Å². The van der Waals surface area contributed by atoms with Crippen molar-refractivity contribution in [3.63, 3.8) is 0 Å². The Kier molecular flexibility index (Phi) is 3.18. The van der Waals surface area contributed by atoms with Gasteiger partial charge in [0.1, 0.15) is 0 Å². The molecule has 0 heterocycles. The van der Waals surface area contributed by atoms with Crippen LogP contribution < -0.4 is 0 Å². The Labute approximate surface area is 73.4 Å². The quantitative estimate of drug-likeness (QED) is 0.519. The van der Waals surface area contributed by atoms with Gasteiger partial charge in [0.15, 0.2) is 6.67 Å². The first-order valence-electron chi connectivity index (χ1n) is 2.44. The largest absolute Gasteiger partial charge is 0.374 e. The van der Waals surface area contributed by atoms with Gasteiger partial charge >= 0.3 is 16.4 Å². The van der Waals surface area contributed by atoms with Crippen LogP contribution in [0, 0.1) is 0 Å². The van der Waals surface area contributed by atoms with Gasteiger partial charge in [-0.25, -0.2) is 8.78 Å². The predicted molar refractivity (Wildman–Crippen MR) is 31.4 cm³/mol. The summed E-state index contributed by atoms with van der Waals surface area (Å²) < 4.78 is 66.7. The second kappa shape index (κ2) is 3.14. The van der Waals surface area contributed by atoms with Crippen molar-refractivity contribution in [1.82, 2.24) is 0 Å². The van der Waals surface area contributed by atoms with E-state index in [0.29, 0.717) is 0 Å². The van der Waals surface area contributed by atoms with Gasteiger partial charge < -0.3 is 0 Å². The fraction of sp³-hybridized carbons (Fsp3) is 1.00. The molecule has 0 saturated carbocycles. The summed E-state index contributed by atoms with van der Waals surface area (Å²) in [4.78, 5) is 0. The molecule has 0 bridgehead atoms. The van der Waals surface area contributed by atoms with Crippen molar-refractivity contribution < 1.29 is 26.3 Å². The maximum atomic E-state index is 12.1. The van der Waals surface area contributed by atoms with E-state index in [1.165, 1.54) is 0 Å². The molecule has 0 aromatic carbocycles. The Bertz CT molecular complexity index is 161. The lowest BCUT2D eigenvalue weighted by Crippen LogP contribution is -2.52. The summed E-state index contributed by atoms with van der Waals surface area (Å²) in [5, 5.41) is 0. The minimum Gasteiger partial charge on any atom is -0.244 e. The summed E-state index contributed by atoms with van der Waals surface area (Å²) in [6.45, 7) is -2.74. The normalized spacial score (nSPS) is 15.0. The first kappa shape index (κ1) is 12.2. The van der Waals surface area contributed by atoms with Crippen LogP contribution in [-0.2, 0) is 0 Å². The Balaban J connectivity index is 4.85. The SMILES string of the molecule is FCC(F)(F)C(F)(F)C(F)(Cl)Cl. The summed E-state index contributed by atoms with van der Waals surface area (Å²) in [6, 6.07) is 0. The topological polar surface area (TPSA) is 0 Å². The third-order valence-corrected chi connectivity index (χ3v) is 1.46. The summed E-state index contributed by atoms with van der Waals surface area (Å²) in [5.74, 6) is -10.7. The third kappa shape index (κ3) is 1.90. The zero-order valence-electron chi connectivity index (χ0n) is 5.23. The van der Waals surface area contributed by atoms with E-state index in [1.54, 1.807) is 0 Å². The number of alkyl halides is 8. The van der Waals surface area contributed by atoms with Crippen LogP contribution in [0.4, 0.5) is 26.3 Å². The van der Waals surface area contributed by atoms with Crippen molar-refractivity contribution in [2.24, 2.45) is 0 Å². The Morgan fingerprint density at radius 2 is 1.25 bits per heavy atom. The summed E-state index contributed by atoms with van der Waals surface area (Å²) in [5.41, 5.74) is 0. The fourth-order valence-electron chi connectivity index (χ4n) is 0.291. The fourth-order valence-corrected chi connectivity index (χ4v) is 0.568. The zero-order chi connectivity index (χ0) is 10.2.